The third kappa shape index (κ3) is 7.14. The van der Waals surface area contributed by atoms with Crippen molar-refractivity contribution in [1.29, 1.82) is 0 Å². The molecule has 2 rings (SSSR count). The Morgan fingerprint density at radius 2 is 2.10 bits per heavy atom. The van der Waals surface area contributed by atoms with E-state index in [1.54, 1.807) is 13.0 Å². The van der Waals surface area contributed by atoms with Gasteiger partial charge in [-0.15, -0.1) is 11.8 Å². The van der Waals surface area contributed by atoms with Gasteiger partial charge in [-0.2, -0.15) is 0 Å². The first-order valence-corrected chi connectivity index (χ1v) is 10.2. The summed E-state index contributed by atoms with van der Waals surface area (Å²) in [5.41, 5.74) is 2.00. The molecule has 0 bridgehead atoms. The van der Waals surface area contributed by atoms with Crippen LogP contribution in [0.1, 0.15) is 57.1 Å². The summed E-state index contributed by atoms with van der Waals surface area (Å²) in [6.07, 6.45) is 4.60. The van der Waals surface area contributed by atoms with Crippen LogP contribution in [0.15, 0.2) is 30.4 Å². The van der Waals surface area contributed by atoms with Crippen molar-refractivity contribution in [3.8, 4) is 17.6 Å². The van der Waals surface area contributed by atoms with Crippen molar-refractivity contribution in [2.45, 2.75) is 64.6 Å². The number of aliphatic carboxylic acids is 1. The average Bonchev–Trinajstić information content (AvgIpc) is 3.03. The van der Waals surface area contributed by atoms with Gasteiger partial charge in [-0.05, 0) is 44.6 Å². The van der Waals surface area contributed by atoms with Crippen molar-refractivity contribution in [3.05, 3.63) is 41.5 Å². The molecule has 0 aromatic heterocycles. The van der Waals surface area contributed by atoms with Crippen LogP contribution in [0.2, 0.25) is 0 Å². The van der Waals surface area contributed by atoms with Crippen molar-refractivity contribution in [2.75, 3.05) is 6.61 Å². The van der Waals surface area contributed by atoms with Crippen molar-refractivity contribution in [2.24, 2.45) is 11.8 Å². The van der Waals surface area contributed by atoms with E-state index in [0.29, 0.717) is 19.3 Å². The molecule has 5 nitrogen and oxygen atoms in total. The second kappa shape index (κ2) is 13.2. The normalized spacial score (nSPS) is 20.3. The summed E-state index contributed by atoms with van der Waals surface area (Å²) in [5.74, 6) is 5.35. The number of carbonyl (C=O) groups excluding carboxylic acids is 1. The first-order chi connectivity index (χ1) is 13.9. The van der Waals surface area contributed by atoms with Crippen LogP contribution in [0.3, 0.4) is 0 Å². The SMILES string of the molecule is CC#CCC(C)[C@H](O)/C=C\[C@@H](CO)[C@H]1c2cccc(CCCC(=O)[O-])c2O[C@H]1C.[Na+]. The quantitative estimate of drug-likeness (QED) is 0.293. The molecular weight excluding hydrogens is 391 g/mol. The zero-order chi connectivity index (χ0) is 21.4. The number of carbonyl (C=O) groups is 1. The maximum Gasteiger partial charge on any atom is 1.00 e. The second-order valence-corrected chi connectivity index (χ2v) is 7.74. The van der Waals surface area contributed by atoms with E-state index in [1.165, 1.54) is 0 Å². The molecule has 0 spiro atoms. The van der Waals surface area contributed by atoms with Gasteiger partial charge < -0.3 is 24.9 Å². The Hall–Kier alpha value is -1.29. The first-order valence-electron chi connectivity index (χ1n) is 10.2. The fraction of sp³-hybridized carbons (Fsp3) is 0.542. The molecular formula is C24H31NaO5. The maximum atomic E-state index is 10.7. The summed E-state index contributed by atoms with van der Waals surface area (Å²) in [6, 6.07) is 5.89. The maximum absolute atomic E-state index is 10.7. The number of benzene rings is 1. The molecule has 158 valence electrons. The van der Waals surface area contributed by atoms with Crippen molar-refractivity contribution in [3.63, 3.8) is 0 Å². The molecule has 2 N–H and O–H groups in total. The van der Waals surface area contributed by atoms with E-state index in [1.807, 2.05) is 38.1 Å². The number of aryl methyl sites for hydroxylation is 1. The zero-order valence-corrected chi connectivity index (χ0v) is 20.4. The Bertz CT molecular complexity index is 780. The van der Waals surface area contributed by atoms with E-state index in [0.717, 1.165) is 16.9 Å². The Morgan fingerprint density at radius 1 is 1.37 bits per heavy atom. The standard InChI is InChI=1S/C24H32O5.Na/c1-4-5-8-16(2)21(26)14-13-19(15-25)23-17(3)29-24-18(9-6-11-20(23)24)10-7-12-22(27)28;/h6,9,11,13-14,16-17,19,21,23,25-26H,7-8,10,12,15H2,1-3H3,(H,27,28);/q;+1/p-1/b14-13-;/t16?,17-,19-,21+,23-;/m0./s1. The van der Waals surface area contributed by atoms with E-state index in [2.05, 4.69) is 11.8 Å². The van der Waals surface area contributed by atoms with E-state index in [9.17, 15) is 20.1 Å². The average molecular weight is 422 g/mol. The van der Waals surface area contributed by atoms with Gasteiger partial charge in [0.2, 0.25) is 0 Å². The summed E-state index contributed by atoms with van der Waals surface area (Å²) in [4.78, 5) is 10.7. The minimum atomic E-state index is -1.05. The van der Waals surface area contributed by atoms with Gasteiger partial charge in [0, 0.05) is 29.8 Å². The number of fused-ring (bicyclic) bond motifs is 1. The Morgan fingerprint density at radius 3 is 2.73 bits per heavy atom. The van der Waals surface area contributed by atoms with Crippen LogP contribution in [0.4, 0.5) is 0 Å². The number of rotatable bonds is 10. The number of hydrogen-bond acceptors (Lipinski definition) is 5. The molecule has 0 fully saturated rings. The summed E-state index contributed by atoms with van der Waals surface area (Å²) >= 11 is 0. The van der Waals surface area contributed by atoms with Gasteiger partial charge >= 0.3 is 29.6 Å². The third-order valence-corrected chi connectivity index (χ3v) is 5.53. The zero-order valence-electron chi connectivity index (χ0n) is 18.4. The van der Waals surface area contributed by atoms with Gasteiger partial charge in [0.15, 0.2) is 0 Å². The third-order valence-electron chi connectivity index (χ3n) is 5.53. The molecule has 1 aromatic rings. The van der Waals surface area contributed by atoms with Gasteiger partial charge in [-0.25, -0.2) is 0 Å². The topological polar surface area (TPSA) is 89.8 Å². The molecule has 1 unspecified atom stereocenters. The second-order valence-electron chi connectivity index (χ2n) is 7.74. The molecule has 1 heterocycles. The van der Waals surface area contributed by atoms with Gasteiger partial charge in [-0.3, -0.25) is 0 Å². The van der Waals surface area contributed by atoms with Crippen LogP contribution in [0, 0.1) is 23.7 Å². The van der Waals surface area contributed by atoms with Crippen LogP contribution < -0.4 is 39.4 Å². The number of carboxylic acid groups (broad SMARTS) is 1. The Balaban J connectivity index is 0.00000450. The van der Waals surface area contributed by atoms with Crippen molar-refractivity contribution >= 4 is 5.97 Å². The van der Waals surface area contributed by atoms with Crippen LogP contribution in [0.25, 0.3) is 0 Å². The number of para-hydroxylation sites is 1. The van der Waals surface area contributed by atoms with Crippen molar-refractivity contribution in [1.82, 2.24) is 0 Å². The van der Waals surface area contributed by atoms with Crippen LogP contribution in [-0.2, 0) is 11.2 Å². The molecule has 1 aromatic carbocycles. The van der Waals surface area contributed by atoms with Gasteiger partial charge in [0.05, 0.1) is 12.7 Å². The minimum absolute atomic E-state index is 0. The number of hydrogen-bond donors (Lipinski definition) is 2. The van der Waals surface area contributed by atoms with E-state index in [4.69, 9.17) is 4.74 Å². The van der Waals surface area contributed by atoms with Crippen LogP contribution in [0.5, 0.6) is 5.75 Å². The van der Waals surface area contributed by atoms with Gasteiger partial charge in [0.1, 0.15) is 11.9 Å². The smallest absolute Gasteiger partial charge is 0.550 e. The fourth-order valence-corrected chi connectivity index (χ4v) is 3.85. The number of ether oxygens (including phenoxy) is 1. The van der Waals surface area contributed by atoms with Crippen molar-refractivity contribution < 1.29 is 54.4 Å². The first kappa shape index (κ1) is 26.7. The minimum Gasteiger partial charge on any atom is -0.550 e. The molecule has 1 aliphatic heterocycles. The number of aliphatic hydroxyl groups excluding tert-OH is 2. The Labute approximate surface area is 201 Å². The van der Waals surface area contributed by atoms with Gasteiger partial charge in [-0.1, -0.05) is 37.3 Å². The fourth-order valence-electron chi connectivity index (χ4n) is 3.85. The summed E-state index contributed by atoms with van der Waals surface area (Å²) in [6.45, 7) is 5.65. The van der Waals surface area contributed by atoms with E-state index >= 15 is 0 Å². The number of carboxylic acids is 1. The summed E-state index contributed by atoms with van der Waals surface area (Å²) in [5, 5.41) is 31.1. The summed E-state index contributed by atoms with van der Waals surface area (Å²) in [7, 11) is 0. The predicted octanol–water partition coefficient (Wildman–Crippen LogP) is -0.797. The monoisotopic (exact) mass is 422 g/mol. The van der Waals surface area contributed by atoms with Gasteiger partial charge in [0.25, 0.3) is 0 Å². The molecule has 0 aliphatic carbocycles. The summed E-state index contributed by atoms with van der Waals surface area (Å²) < 4.78 is 6.11. The predicted molar refractivity (Wildman–Crippen MR) is 110 cm³/mol. The van der Waals surface area contributed by atoms with Crippen LogP contribution in [-0.4, -0.2) is 35.0 Å². The number of aliphatic hydroxyl groups is 2. The molecule has 5 atom stereocenters. The largest absolute Gasteiger partial charge is 1.00 e. The van der Waals surface area contributed by atoms with Crippen LogP contribution >= 0.6 is 0 Å². The molecule has 6 heteroatoms. The molecule has 30 heavy (non-hydrogen) atoms. The molecule has 1 aliphatic rings. The molecule has 0 saturated carbocycles. The molecule has 0 saturated heterocycles. The van der Waals surface area contributed by atoms with E-state index < -0.39 is 12.1 Å². The van der Waals surface area contributed by atoms with E-state index in [-0.39, 0.29) is 66.4 Å². The molecule has 0 amide bonds. The Kier molecular flexibility index (Phi) is 11.8. The molecule has 0 radical (unpaired) electrons.